The zero-order valence-corrected chi connectivity index (χ0v) is 8.76. The zero-order chi connectivity index (χ0) is 10.1. The highest BCUT2D eigenvalue weighted by molar-refractivity contribution is 5.68. The van der Waals surface area contributed by atoms with Gasteiger partial charge in [-0.25, -0.2) is 4.79 Å². The average molecular weight is 186 g/mol. The fourth-order valence-electron chi connectivity index (χ4n) is 1.22. The first kappa shape index (κ1) is 10.3. The van der Waals surface area contributed by atoms with E-state index < -0.39 is 5.60 Å². The normalized spacial score (nSPS) is 23.4. The van der Waals surface area contributed by atoms with Gasteiger partial charge in [0.1, 0.15) is 5.60 Å². The van der Waals surface area contributed by atoms with Gasteiger partial charge in [-0.1, -0.05) is 0 Å². The topological polar surface area (TPSA) is 41.6 Å². The van der Waals surface area contributed by atoms with E-state index in [1.165, 1.54) is 0 Å². The van der Waals surface area contributed by atoms with Crippen LogP contribution < -0.4 is 5.32 Å². The fraction of sp³-hybridized carbons (Fsp3) is 0.889. The summed E-state index contributed by atoms with van der Waals surface area (Å²) in [6.45, 7) is 9.07. The van der Waals surface area contributed by atoms with Gasteiger partial charge < -0.3 is 4.74 Å². The van der Waals surface area contributed by atoms with E-state index in [2.05, 4.69) is 5.32 Å². The van der Waals surface area contributed by atoms with Gasteiger partial charge in [-0.3, -0.25) is 10.2 Å². The van der Waals surface area contributed by atoms with E-state index in [9.17, 15) is 4.79 Å². The molecule has 4 heteroatoms. The molecule has 1 N–H and O–H groups in total. The van der Waals surface area contributed by atoms with Crippen molar-refractivity contribution in [2.45, 2.75) is 39.3 Å². The minimum atomic E-state index is -0.403. The number of hydrogen-bond acceptors (Lipinski definition) is 3. The molecule has 1 saturated heterocycles. The number of amides is 1. The second-order valence-electron chi connectivity index (χ2n) is 4.41. The van der Waals surface area contributed by atoms with Crippen LogP contribution in [0, 0.1) is 0 Å². The highest BCUT2D eigenvalue weighted by Crippen LogP contribution is 2.12. The standard InChI is InChI=1S/C9H18N2O2/c1-7-5-10-6-11(7)8(12)13-9(2,3)4/h7,10H,5-6H2,1-4H3. The number of carbonyl (C=O) groups is 1. The molecule has 0 saturated carbocycles. The van der Waals surface area contributed by atoms with Crippen molar-refractivity contribution in [1.82, 2.24) is 10.2 Å². The number of nitrogens with one attached hydrogen (secondary N) is 1. The molecule has 0 aromatic rings. The van der Waals surface area contributed by atoms with Crippen molar-refractivity contribution < 1.29 is 9.53 Å². The van der Waals surface area contributed by atoms with Crippen LogP contribution >= 0.6 is 0 Å². The summed E-state index contributed by atoms with van der Waals surface area (Å²) in [6.07, 6.45) is -0.231. The van der Waals surface area contributed by atoms with Crippen LogP contribution in [0.25, 0.3) is 0 Å². The molecule has 1 fully saturated rings. The molecule has 0 aromatic carbocycles. The molecule has 0 aromatic heterocycles. The van der Waals surface area contributed by atoms with Crippen molar-refractivity contribution in [3.05, 3.63) is 0 Å². The van der Waals surface area contributed by atoms with Crippen molar-refractivity contribution in [2.75, 3.05) is 13.2 Å². The minimum absolute atomic E-state index is 0.231. The molecule has 0 radical (unpaired) electrons. The maximum Gasteiger partial charge on any atom is 0.411 e. The van der Waals surface area contributed by atoms with Gasteiger partial charge in [-0.15, -0.1) is 0 Å². The Morgan fingerprint density at radius 1 is 1.54 bits per heavy atom. The molecule has 0 spiro atoms. The molecule has 1 aliphatic heterocycles. The molecule has 0 bridgehead atoms. The summed E-state index contributed by atoms with van der Waals surface area (Å²) in [4.78, 5) is 13.2. The van der Waals surface area contributed by atoms with Crippen LogP contribution in [0.2, 0.25) is 0 Å². The van der Waals surface area contributed by atoms with Gasteiger partial charge in [0, 0.05) is 12.6 Å². The third-order valence-corrected chi connectivity index (χ3v) is 1.88. The lowest BCUT2D eigenvalue weighted by Gasteiger charge is -2.26. The Morgan fingerprint density at radius 3 is 2.54 bits per heavy atom. The lowest BCUT2D eigenvalue weighted by molar-refractivity contribution is 0.0240. The third kappa shape index (κ3) is 2.88. The molecule has 1 amide bonds. The van der Waals surface area contributed by atoms with Gasteiger partial charge in [0.25, 0.3) is 0 Å². The van der Waals surface area contributed by atoms with Gasteiger partial charge in [-0.2, -0.15) is 0 Å². The van der Waals surface area contributed by atoms with Crippen LogP contribution in [-0.2, 0) is 4.74 Å². The van der Waals surface area contributed by atoms with Gasteiger partial charge in [0.15, 0.2) is 0 Å². The first-order valence-corrected chi connectivity index (χ1v) is 4.60. The summed E-state index contributed by atoms with van der Waals surface area (Å²) in [6, 6.07) is 0.231. The molecule has 1 aliphatic rings. The smallest absolute Gasteiger partial charge is 0.411 e. The van der Waals surface area contributed by atoms with Crippen molar-refractivity contribution >= 4 is 6.09 Å². The highest BCUT2D eigenvalue weighted by Gasteiger charge is 2.28. The van der Waals surface area contributed by atoms with Crippen LogP contribution in [0.4, 0.5) is 4.79 Å². The quantitative estimate of drug-likeness (QED) is 0.617. The van der Waals surface area contributed by atoms with E-state index >= 15 is 0 Å². The Labute approximate surface area is 79.2 Å². The predicted octanol–water partition coefficient (Wildman–Crippen LogP) is 1.17. The van der Waals surface area contributed by atoms with Crippen LogP contribution in [0.1, 0.15) is 27.7 Å². The summed E-state index contributed by atoms with van der Waals surface area (Å²) < 4.78 is 5.24. The number of carbonyl (C=O) groups excluding carboxylic acids is 1. The second kappa shape index (κ2) is 3.54. The van der Waals surface area contributed by atoms with Gasteiger partial charge in [0.2, 0.25) is 0 Å². The number of hydrogen-bond donors (Lipinski definition) is 1. The van der Waals surface area contributed by atoms with Gasteiger partial charge in [0.05, 0.1) is 6.67 Å². The summed E-state index contributed by atoms with van der Waals surface area (Å²) in [7, 11) is 0. The van der Waals surface area contributed by atoms with E-state index in [4.69, 9.17) is 4.74 Å². The lowest BCUT2D eigenvalue weighted by Crippen LogP contribution is -2.39. The first-order chi connectivity index (χ1) is 5.90. The van der Waals surface area contributed by atoms with Crippen LogP contribution in [0.15, 0.2) is 0 Å². The Bertz CT molecular complexity index is 198. The van der Waals surface area contributed by atoms with Crippen molar-refractivity contribution in [1.29, 1.82) is 0 Å². The highest BCUT2D eigenvalue weighted by atomic mass is 16.6. The third-order valence-electron chi connectivity index (χ3n) is 1.88. The lowest BCUT2D eigenvalue weighted by atomic mass is 10.2. The van der Waals surface area contributed by atoms with E-state index in [1.807, 2.05) is 27.7 Å². The molecule has 76 valence electrons. The number of nitrogens with zero attached hydrogens (tertiary/aromatic N) is 1. The van der Waals surface area contributed by atoms with E-state index in [0.29, 0.717) is 6.67 Å². The maximum absolute atomic E-state index is 11.5. The van der Waals surface area contributed by atoms with E-state index in [1.54, 1.807) is 4.90 Å². The number of rotatable bonds is 0. The molecule has 13 heavy (non-hydrogen) atoms. The maximum atomic E-state index is 11.5. The minimum Gasteiger partial charge on any atom is -0.444 e. The van der Waals surface area contributed by atoms with Crippen molar-refractivity contribution in [2.24, 2.45) is 0 Å². The molecule has 0 aliphatic carbocycles. The largest absolute Gasteiger partial charge is 0.444 e. The first-order valence-electron chi connectivity index (χ1n) is 4.60. The van der Waals surface area contributed by atoms with Crippen LogP contribution in [0.5, 0.6) is 0 Å². The zero-order valence-electron chi connectivity index (χ0n) is 8.76. The van der Waals surface area contributed by atoms with Crippen LogP contribution in [-0.4, -0.2) is 35.8 Å². The Kier molecular flexibility index (Phi) is 2.81. The van der Waals surface area contributed by atoms with Crippen molar-refractivity contribution in [3.8, 4) is 0 Å². The Morgan fingerprint density at radius 2 is 2.15 bits per heavy atom. The Hall–Kier alpha value is -0.770. The summed E-state index contributed by atoms with van der Waals surface area (Å²) in [5, 5.41) is 3.11. The molecule has 1 atom stereocenters. The number of ether oxygens (including phenoxy) is 1. The molecule has 1 unspecified atom stereocenters. The van der Waals surface area contributed by atoms with Gasteiger partial charge >= 0.3 is 6.09 Å². The predicted molar refractivity (Wildman–Crippen MR) is 50.4 cm³/mol. The SMILES string of the molecule is CC1CNCN1C(=O)OC(C)(C)C. The average Bonchev–Trinajstić information content (AvgIpc) is 2.30. The second-order valence-corrected chi connectivity index (χ2v) is 4.41. The monoisotopic (exact) mass is 186 g/mol. The summed E-state index contributed by atoms with van der Waals surface area (Å²) in [5.41, 5.74) is -0.403. The Balaban J connectivity index is 2.48. The summed E-state index contributed by atoms with van der Waals surface area (Å²) >= 11 is 0. The fourth-order valence-corrected chi connectivity index (χ4v) is 1.22. The van der Waals surface area contributed by atoms with E-state index in [-0.39, 0.29) is 12.1 Å². The van der Waals surface area contributed by atoms with E-state index in [0.717, 1.165) is 6.54 Å². The molecule has 1 heterocycles. The molecule has 4 nitrogen and oxygen atoms in total. The molecular weight excluding hydrogens is 168 g/mol. The van der Waals surface area contributed by atoms with Crippen LogP contribution in [0.3, 0.4) is 0 Å². The molecule has 1 rings (SSSR count). The molecular formula is C9H18N2O2. The van der Waals surface area contributed by atoms with Crippen molar-refractivity contribution in [3.63, 3.8) is 0 Å². The summed E-state index contributed by atoms with van der Waals surface area (Å²) in [5.74, 6) is 0. The van der Waals surface area contributed by atoms with Gasteiger partial charge in [-0.05, 0) is 27.7 Å².